The molecule has 0 spiro atoms. The van der Waals surface area contributed by atoms with Crippen molar-refractivity contribution in [3.05, 3.63) is 65.6 Å². The second kappa shape index (κ2) is 15.9. The monoisotopic (exact) mass is 815 g/mol. The lowest BCUT2D eigenvalue weighted by molar-refractivity contribution is -0.136. The lowest BCUT2D eigenvalue weighted by atomic mass is 9.94. The molecule has 3 unspecified atom stereocenters. The average molecular weight is 816 g/mol. The number of amides is 5. The zero-order valence-corrected chi connectivity index (χ0v) is 34.8. The summed E-state index contributed by atoms with van der Waals surface area (Å²) in [4.78, 5) is 88.2. The molecule has 0 radical (unpaired) electrons. The third-order valence-corrected chi connectivity index (χ3v) is 13.1. The Labute approximate surface area is 349 Å². The number of carbonyl (C=O) groups is 5. The molecule has 3 saturated heterocycles. The van der Waals surface area contributed by atoms with Crippen LogP contribution in [0.5, 0.6) is 0 Å². The van der Waals surface area contributed by atoms with Crippen molar-refractivity contribution < 1.29 is 24.0 Å². The highest BCUT2D eigenvalue weighted by molar-refractivity contribution is 6.23. The van der Waals surface area contributed by atoms with Gasteiger partial charge in [0.2, 0.25) is 17.8 Å². The maximum Gasteiger partial charge on any atom is 0.270 e. The molecule has 1 saturated carbocycles. The molecule has 3 aromatic heterocycles. The summed E-state index contributed by atoms with van der Waals surface area (Å²) in [5.74, 6) is -0.311. The van der Waals surface area contributed by atoms with Crippen molar-refractivity contribution in [2.75, 3.05) is 61.9 Å². The highest BCUT2D eigenvalue weighted by atomic mass is 16.2. The molecule has 314 valence electrons. The smallest absolute Gasteiger partial charge is 0.270 e. The predicted octanol–water partition coefficient (Wildman–Crippen LogP) is 4.60. The normalized spacial score (nSPS) is 23.1. The van der Waals surface area contributed by atoms with Gasteiger partial charge in [0, 0.05) is 88.6 Å². The molecule has 7 heterocycles. The van der Waals surface area contributed by atoms with Gasteiger partial charge >= 0.3 is 0 Å². The molecule has 1 aliphatic carbocycles. The van der Waals surface area contributed by atoms with E-state index < -0.39 is 23.8 Å². The summed E-state index contributed by atoms with van der Waals surface area (Å²) in [5, 5.41) is 6.40. The van der Waals surface area contributed by atoms with E-state index in [0.717, 1.165) is 98.6 Å². The highest BCUT2D eigenvalue weighted by Crippen LogP contribution is 2.36. The van der Waals surface area contributed by atoms with Gasteiger partial charge in [-0.15, -0.1) is 0 Å². The third-order valence-electron chi connectivity index (χ3n) is 13.1. The van der Waals surface area contributed by atoms with Crippen LogP contribution in [-0.2, 0) is 9.59 Å². The molecule has 0 bridgehead atoms. The topological polar surface area (TPSA) is 169 Å². The molecule has 16 heteroatoms. The number of anilines is 4. The Morgan fingerprint density at radius 3 is 2.25 bits per heavy atom. The van der Waals surface area contributed by atoms with Gasteiger partial charge < -0.3 is 24.6 Å². The minimum atomic E-state index is -0.979. The first-order valence-corrected chi connectivity index (χ1v) is 21.4. The number of nitrogens with zero attached hydrogens (tertiary/aromatic N) is 9. The number of hydrogen-bond donors (Lipinski definition) is 2. The summed E-state index contributed by atoms with van der Waals surface area (Å²) in [6, 6.07) is 11.0. The van der Waals surface area contributed by atoms with Gasteiger partial charge in [0.05, 0.1) is 23.0 Å². The summed E-state index contributed by atoms with van der Waals surface area (Å²) < 4.78 is 2.12. The maximum atomic E-state index is 13.5. The molecule has 5 aliphatic rings. The molecule has 3 atom stereocenters. The Bertz CT molecular complexity index is 2340. The number of fused-ring (bicyclic) bond motifs is 2. The van der Waals surface area contributed by atoms with E-state index in [2.05, 4.69) is 54.8 Å². The van der Waals surface area contributed by atoms with Crippen LogP contribution in [0.2, 0.25) is 0 Å². The van der Waals surface area contributed by atoms with Crippen LogP contribution in [0.15, 0.2) is 48.8 Å². The zero-order valence-electron chi connectivity index (χ0n) is 34.8. The van der Waals surface area contributed by atoms with Gasteiger partial charge in [0.1, 0.15) is 23.2 Å². The average Bonchev–Trinajstić information content (AvgIpc) is 3.95. The van der Waals surface area contributed by atoms with Crippen LogP contribution in [0, 0.1) is 5.92 Å². The molecule has 2 N–H and O–H groups in total. The van der Waals surface area contributed by atoms with Crippen LogP contribution in [0.4, 0.5) is 23.1 Å². The molecule has 4 fully saturated rings. The van der Waals surface area contributed by atoms with Crippen LogP contribution in [-0.4, -0.2) is 129 Å². The number of imide groups is 2. The van der Waals surface area contributed by atoms with Gasteiger partial charge in [-0.3, -0.25) is 39.1 Å². The SMILES string of the molecule is CC1CN(CC2CCN(c3ccc(Nc4ncc5cc(C(=O)N(C)C)n(C6CCCC6)c5n4)nc3)CC2)CC(C)N1c1ccc2c(c1)C(=O)N(C1CCC(=O)NC1=O)C2=O. The van der Waals surface area contributed by atoms with Crippen molar-refractivity contribution in [1.29, 1.82) is 0 Å². The minimum absolute atomic E-state index is 0.0318. The minimum Gasteiger partial charge on any atom is -0.370 e. The summed E-state index contributed by atoms with van der Waals surface area (Å²) >= 11 is 0. The van der Waals surface area contributed by atoms with E-state index in [0.29, 0.717) is 34.5 Å². The fraction of sp³-hybridized carbons (Fsp3) is 0.500. The fourth-order valence-electron chi connectivity index (χ4n) is 10.2. The molecular weight excluding hydrogens is 763 g/mol. The first-order valence-electron chi connectivity index (χ1n) is 21.4. The predicted molar refractivity (Wildman–Crippen MR) is 226 cm³/mol. The third kappa shape index (κ3) is 7.34. The molecule has 16 nitrogen and oxygen atoms in total. The Balaban J connectivity index is 0.786. The second-order valence-electron chi connectivity index (χ2n) is 17.5. The number of nitrogens with one attached hydrogen (secondary N) is 2. The number of benzene rings is 1. The van der Waals surface area contributed by atoms with E-state index in [4.69, 9.17) is 9.97 Å². The van der Waals surface area contributed by atoms with Crippen molar-refractivity contribution in [3.8, 4) is 0 Å². The van der Waals surface area contributed by atoms with Gasteiger partial charge in [-0.2, -0.15) is 4.98 Å². The Morgan fingerprint density at radius 1 is 0.850 bits per heavy atom. The van der Waals surface area contributed by atoms with Crippen molar-refractivity contribution in [1.82, 2.24) is 39.5 Å². The maximum absolute atomic E-state index is 13.5. The number of pyridine rings is 1. The molecule has 4 aromatic rings. The van der Waals surface area contributed by atoms with Gasteiger partial charge in [-0.1, -0.05) is 12.8 Å². The van der Waals surface area contributed by atoms with Gasteiger partial charge in [0.15, 0.2) is 0 Å². The number of aromatic nitrogens is 4. The first kappa shape index (κ1) is 39.6. The molecule has 4 aliphatic heterocycles. The molecule has 60 heavy (non-hydrogen) atoms. The number of piperidine rings is 2. The summed E-state index contributed by atoms with van der Waals surface area (Å²) in [5.41, 5.74) is 4.00. The highest BCUT2D eigenvalue weighted by Gasteiger charge is 2.45. The summed E-state index contributed by atoms with van der Waals surface area (Å²) in [6.45, 7) is 9.10. The van der Waals surface area contributed by atoms with E-state index in [-0.39, 0.29) is 42.8 Å². The van der Waals surface area contributed by atoms with E-state index in [1.54, 1.807) is 37.3 Å². The number of piperazine rings is 1. The quantitative estimate of drug-likeness (QED) is 0.226. The number of carbonyl (C=O) groups excluding carboxylic acids is 5. The first-order chi connectivity index (χ1) is 28.9. The lowest BCUT2D eigenvalue weighted by Crippen LogP contribution is -2.58. The summed E-state index contributed by atoms with van der Waals surface area (Å²) in [6.07, 6.45) is 10.4. The Kier molecular flexibility index (Phi) is 10.5. The van der Waals surface area contributed by atoms with Gasteiger partial charge in [-0.05, 0) is 88.3 Å². The molecule has 9 rings (SSSR count). The lowest BCUT2D eigenvalue weighted by Gasteiger charge is -2.47. The molecular formula is C44H53N11O5. The standard InChI is InChI=1S/C44H53N11O5/c1-26-23-51(24-27(2)53(26)31-9-11-33-34(20-31)42(59)55(41(33)58)35-12-14-38(56)48-40(35)57)25-28-15-17-52(18-16-28)32-10-13-37(45-22-32)47-44-46-21-29-19-36(43(60)50(3)4)54(39(29)49-44)30-7-5-6-8-30/h9-11,13,19-22,26-28,30,35H,5-8,12,14-18,23-25H2,1-4H3,(H,48,56,57)(H,45,46,47,49). The molecule has 5 amide bonds. The van der Waals surface area contributed by atoms with Crippen molar-refractivity contribution >= 4 is 63.7 Å². The van der Waals surface area contributed by atoms with Crippen LogP contribution in [0.1, 0.15) is 102 Å². The van der Waals surface area contributed by atoms with E-state index in [9.17, 15) is 24.0 Å². The fourth-order valence-corrected chi connectivity index (χ4v) is 10.2. The van der Waals surface area contributed by atoms with Crippen molar-refractivity contribution in [3.63, 3.8) is 0 Å². The number of hydrogen-bond acceptors (Lipinski definition) is 12. The van der Waals surface area contributed by atoms with Crippen LogP contribution < -0.4 is 20.4 Å². The van der Waals surface area contributed by atoms with Gasteiger partial charge in [0.25, 0.3) is 17.7 Å². The van der Waals surface area contributed by atoms with E-state index in [1.165, 1.54) is 0 Å². The largest absolute Gasteiger partial charge is 0.370 e. The summed E-state index contributed by atoms with van der Waals surface area (Å²) in [7, 11) is 3.55. The van der Waals surface area contributed by atoms with Crippen molar-refractivity contribution in [2.24, 2.45) is 5.92 Å². The Morgan fingerprint density at radius 2 is 1.57 bits per heavy atom. The van der Waals surface area contributed by atoms with E-state index >= 15 is 0 Å². The zero-order chi connectivity index (χ0) is 41.8. The number of rotatable bonds is 9. The molecule has 1 aromatic carbocycles. The second-order valence-corrected chi connectivity index (χ2v) is 17.5. The van der Waals surface area contributed by atoms with Crippen LogP contribution in [0.25, 0.3) is 11.0 Å². The van der Waals surface area contributed by atoms with Gasteiger partial charge in [-0.25, -0.2) is 9.97 Å². The Hall–Kier alpha value is -5.90. The van der Waals surface area contributed by atoms with Crippen LogP contribution in [0.3, 0.4) is 0 Å². The van der Waals surface area contributed by atoms with E-state index in [1.807, 2.05) is 24.4 Å². The van der Waals surface area contributed by atoms with Crippen molar-refractivity contribution in [2.45, 2.75) is 89.4 Å². The van der Waals surface area contributed by atoms with Crippen LogP contribution >= 0.6 is 0 Å².